The summed E-state index contributed by atoms with van der Waals surface area (Å²) in [5.74, 6) is -1.89. The van der Waals surface area contributed by atoms with Crippen molar-refractivity contribution >= 4 is 17.6 Å². The smallest absolute Gasteiger partial charge is 0.326 e. The summed E-state index contributed by atoms with van der Waals surface area (Å²) in [4.78, 5) is 33.3. The number of rotatable bonds is 7. The first-order chi connectivity index (χ1) is 10.4. The molecule has 2 N–H and O–H groups in total. The number of methoxy groups -OCH3 is 1. The number of carbonyl (C=O) groups excluding carboxylic acids is 1. The van der Waals surface area contributed by atoms with Gasteiger partial charge in [0.25, 0.3) is 5.91 Å². The fourth-order valence-corrected chi connectivity index (χ4v) is 1.70. The van der Waals surface area contributed by atoms with Crippen LogP contribution in [-0.4, -0.2) is 35.1 Å². The summed E-state index contributed by atoms with van der Waals surface area (Å²) < 4.78 is 4.87. The first-order valence-electron chi connectivity index (χ1n) is 6.38. The quantitative estimate of drug-likeness (QED) is 0.450. The summed E-state index contributed by atoms with van der Waals surface area (Å²) in [5.41, 5.74) is -0.197. The van der Waals surface area contributed by atoms with Crippen LogP contribution in [0.15, 0.2) is 30.4 Å². The Balaban J connectivity index is 2.97. The van der Waals surface area contributed by atoms with E-state index in [0.717, 1.165) is 6.07 Å². The average molecular weight is 308 g/mol. The van der Waals surface area contributed by atoms with E-state index in [9.17, 15) is 19.7 Å². The molecule has 0 heterocycles. The molecule has 1 rings (SSSR count). The Morgan fingerprint density at radius 1 is 1.50 bits per heavy atom. The number of carboxylic acids is 1. The van der Waals surface area contributed by atoms with Crippen molar-refractivity contribution < 1.29 is 24.4 Å². The number of nitrogens with zero attached hydrogens (tertiary/aromatic N) is 1. The molecule has 0 spiro atoms. The van der Waals surface area contributed by atoms with Crippen molar-refractivity contribution in [3.8, 4) is 5.75 Å². The van der Waals surface area contributed by atoms with Gasteiger partial charge in [-0.1, -0.05) is 12.2 Å². The van der Waals surface area contributed by atoms with Crippen LogP contribution < -0.4 is 10.1 Å². The highest BCUT2D eigenvalue weighted by Gasteiger charge is 2.22. The topological polar surface area (TPSA) is 119 Å². The number of nitro benzene ring substituents is 1. The number of aliphatic carboxylic acids is 1. The van der Waals surface area contributed by atoms with Crippen molar-refractivity contribution in [3.63, 3.8) is 0 Å². The number of amides is 1. The zero-order valence-corrected chi connectivity index (χ0v) is 12.1. The van der Waals surface area contributed by atoms with Gasteiger partial charge in [0.05, 0.1) is 12.0 Å². The zero-order chi connectivity index (χ0) is 16.7. The third kappa shape index (κ3) is 4.30. The summed E-state index contributed by atoms with van der Waals surface area (Å²) in [6.45, 7) is 1.74. The highest BCUT2D eigenvalue weighted by molar-refractivity contribution is 5.97. The first-order valence-corrected chi connectivity index (χ1v) is 6.38. The molecular weight excluding hydrogens is 292 g/mol. The van der Waals surface area contributed by atoms with E-state index in [-0.39, 0.29) is 23.4 Å². The van der Waals surface area contributed by atoms with Gasteiger partial charge in [-0.05, 0) is 19.4 Å². The molecular formula is C14H16N2O6. The Kier molecular flexibility index (Phi) is 6.06. The second-order valence-electron chi connectivity index (χ2n) is 4.31. The minimum absolute atomic E-state index is 0.0713. The highest BCUT2D eigenvalue weighted by atomic mass is 16.6. The lowest BCUT2D eigenvalue weighted by atomic mass is 10.1. The van der Waals surface area contributed by atoms with Crippen LogP contribution in [-0.2, 0) is 4.79 Å². The SMILES string of the molecule is C/C=C/CC(NC(=O)c1ccc([N+](=O)[O-])c(OC)c1)C(=O)O. The van der Waals surface area contributed by atoms with Crippen molar-refractivity contribution in [3.05, 3.63) is 46.0 Å². The lowest BCUT2D eigenvalue weighted by Gasteiger charge is -2.13. The molecule has 0 saturated carbocycles. The molecule has 0 aliphatic rings. The maximum atomic E-state index is 12.0. The van der Waals surface area contributed by atoms with E-state index in [1.54, 1.807) is 19.1 Å². The molecule has 0 aliphatic heterocycles. The van der Waals surface area contributed by atoms with Gasteiger partial charge in [-0.15, -0.1) is 0 Å². The maximum absolute atomic E-state index is 12.0. The minimum Gasteiger partial charge on any atom is -0.490 e. The number of nitrogens with one attached hydrogen (secondary N) is 1. The van der Waals surface area contributed by atoms with Gasteiger partial charge in [0.2, 0.25) is 0 Å². The predicted octanol–water partition coefficient (Wildman–Crippen LogP) is 1.75. The Morgan fingerprint density at radius 2 is 2.18 bits per heavy atom. The van der Waals surface area contributed by atoms with E-state index in [1.165, 1.54) is 19.2 Å². The van der Waals surface area contributed by atoms with Gasteiger partial charge in [0.1, 0.15) is 6.04 Å². The summed E-state index contributed by atoms with van der Waals surface area (Å²) in [5, 5.41) is 22.2. The largest absolute Gasteiger partial charge is 0.490 e. The Labute approximate surface area is 126 Å². The van der Waals surface area contributed by atoms with Gasteiger partial charge in [0, 0.05) is 17.7 Å². The molecule has 8 heteroatoms. The lowest BCUT2D eigenvalue weighted by Crippen LogP contribution is -2.40. The molecule has 22 heavy (non-hydrogen) atoms. The second-order valence-corrected chi connectivity index (χ2v) is 4.31. The number of carbonyl (C=O) groups is 2. The van der Waals surface area contributed by atoms with Gasteiger partial charge in [0.15, 0.2) is 5.75 Å². The third-order valence-corrected chi connectivity index (χ3v) is 2.85. The standard InChI is InChI=1S/C14H16N2O6/c1-3-4-5-10(14(18)19)15-13(17)9-6-7-11(16(20)21)12(8-9)22-2/h3-4,6-8,10H,5H2,1-2H3,(H,15,17)(H,18,19)/b4-3+. The van der Waals surface area contributed by atoms with Gasteiger partial charge in [-0.3, -0.25) is 14.9 Å². The fraction of sp³-hybridized carbons (Fsp3) is 0.286. The molecule has 1 unspecified atom stereocenters. The van der Waals surface area contributed by atoms with Crippen LogP contribution in [0, 0.1) is 10.1 Å². The Hall–Kier alpha value is -2.90. The number of ether oxygens (including phenoxy) is 1. The van der Waals surface area contributed by atoms with Crippen molar-refractivity contribution in [1.29, 1.82) is 0 Å². The van der Waals surface area contributed by atoms with Crippen molar-refractivity contribution in [2.75, 3.05) is 7.11 Å². The van der Waals surface area contributed by atoms with Gasteiger partial charge in [-0.2, -0.15) is 0 Å². The first kappa shape index (κ1) is 17.2. The van der Waals surface area contributed by atoms with Gasteiger partial charge >= 0.3 is 11.7 Å². The maximum Gasteiger partial charge on any atom is 0.326 e. The number of hydrogen-bond donors (Lipinski definition) is 2. The molecule has 0 saturated heterocycles. The van der Waals surface area contributed by atoms with Crippen molar-refractivity contribution in [1.82, 2.24) is 5.32 Å². The summed E-state index contributed by atoms with van der Waals surface area (Å²) in [6, 6.07) is 2.49. The molecule has 0 fully saturated rings. The number of benzene rings is 1. The van der Waals surface area contributed by atoms with E-state index in [0.29, 0.717) is 0 Å². The van der Waals surface area contributed by atoms with Crippen molar-refractivity contribution in [2.45, 2.75) is 19.4 Å². The second kappa shape index (κ2) is 7.77. The predicted molar refractivity (Wildman–Crippen MR) is 78.0 cm³/mol. The molecule has 0 aromatic heterocycles. The molecule has 8 nitrogen and oxygen atoms in total. The van der Waals surface area contributed by atoms with Crippen LogP contribution >= 0.6 is 0 Å². The normalized spacial score (nSPS) is 11.9. The van der Waals surface area contributed by atoms with Crippen LogP contribution in [0.5, 0.6) is 5.75 Å². The number of allylic oxidation sites excluding steroid dienone is 1. The average Bonchev–Trinajstić information content (AvgIpc) is 2.49. The monoisotopic (exact) mass is 308 g/mol. The highest BCUT2D eigenvalue weighted by Crippen LogP contribution is 2.27. The molecule has 1 atom stereocenters. The number of hydrogen-bond acceptors (Lipinski definition) is 5. The minimum atomic E-state index is -1.17. The van der Waals surface area contributed by atoms with E-state index >= 15 is 0 Å². The lowest BCUT2D eigenvalue weighted by molar-refractivity contribution is -0.385. The zero-order valence-electron chi connectivity index (χ0n) is 12.1. The summed E-state index contributed by atoms with van der Waals surface area (Å²) >= 11 is 0. The van der Waals surface area contributed by atoms with Gasteiger partial charge in [-0.25, -0.2) is 4.79 Å². The molecule has 1 aromatic rings. The van der Waals surface area contributed by atoms with E-state index in [2.05, 4.69) is 5.32 Å². The Bertz CT molecular complexity index is 611. The van der Waals surface area contributed by atoms with Crippen LogP contribution in [0.4, 0.5) is 5.69 Å². The van der Waals surface area contributed by atoms with Crippen LogP contribution in [0.25, 0.3) is 0 Å². The summed E-state index contributed by atoms with van der Waals surface area (Å²) in [6.07, 6.45) is 3.44. The van der Waals surface area contributed by atoms with Gasteiger partial charge < -0.3 is 15.2 Å². The molecule has 1 amide bonds. The van der Waals surface area contributed by atoms with Crippen LogP contribution in [0.2, 0.25) is 0 Å². The van der Waals surface area contributed by atoms with E-state index in [4.69, 9.17) is 9.84 Å². The van der Waals surface area contributed by atoms with Crippen LogP contribution in [0.3, 0.4) is 0 Å². The number of nitro groups is 1. The van der Waals surface area contributed by atoms with E-state index in [1.807, 2.05) is 0 Å². The fourth-order valence-electron chi connectivity index (χ4n) is 1.70. The molecule has 118 valence electrons. The molecule has 0 bridgehead atoms. The number of carboxylic acid groups (broad SMARTS) is 1. The Morgan fingerprint density at radius 3 is 2.68 bits per heavy atom. The summed E-state index contributed by atoms with van der Waals surface area (Å²) in [7, 11) is 1.25. The third-order valence-electron chi connectivity index (χ3n) is 2.85. The van der Waals surface area contributed by atoms with E-state index < -0.39 is 22.8 Å². The molecule has 0 radical (unpaired) electrons. The van der Waals surface area contributed by atoms with Crippen LogP contribution in [0.1, 0.15) is 23.7 Å². The van der Waals surface area contributed by atoms with Crippen molar-refractivity contribution in [2.24, 2.45) is 0 Å². The molecule has 1 aromatic carbocycles. The molecule has 0 aliphatic carbocycles.